The van der Waals surface area contributed by atoms with Crippen molar-refractivity contribution in [2.45, 2.75) is 26.4 Å². The Labute approximate surface area is 149 Å². The fourth-order valence-electron chi connectivity index (χ4n) is 1.99. The van der Waals surface area contributed by atoms with Gasteiger partial charge < -0.3 is 4.74 Å². The van der Waals surface area contributed by atoms with Gasteiger partial charge in [-0.3, -0.25) is 0 Å². The molecule has 3 heteroatoms. The summed E-state index contributed by atoms with van der Waals surface area (Å²) in [6.07, 6.45) is 3.41. The minimum Gasteiger partial charge on any atom is -0.443 e. The summed E-state index contributed by atoms with van der Waals surface area (Å²) >= 11 is 0. The van der Waals surface area contributed by atoms with Crippen LogP contribution in [0.3, 0.4) is 0 Å². The molecule has 2 rings (SSSR count). The van der Waals surface area contributed by atoms with Gasteiger partial charge in [0, 0.05) is 11.6 Å². The first kappa shape index (κ1) is 18.4. The molecule has 0 fully saturated rings. The van der Waals surface area contributed by atoms with Crippen molar-refractivity contribution in [3.63, 3.8) is 0 Å². The van der Waals surface area contributed by atoms with E-state index >= 15 is 0 Å². The zero-order valence-corrected chi connectivity index (χ0v) is 14.9. The number of benzene rings is 2. The van der Waals surface area contributed by atoms with Crippen LogP contribution in [-0.2, 0) is 4.74 Å². The Morgan fingerprint density at radius 3 is 2.24 bits per heavy atom. The first-order chi connectivity index (χ1) is 11.9. The van der Waals surface area contributed by atoms with Crippen LogP contribution in [0.15, 0.2) is 66.7 Å². The van der Waals surface area contributed by atoms with E-state index in [4.69, 9.17) is 4.74 Å². The van der Waals surface area contributed by atoms with Gasteiger partial charge in [0.25, 0.3) is 0 Å². The smallest absolute Gasteiger partial charge is 0.422 e. The topological polar surface area (TPSA) is 29.5 Å². The van der Waals surface area contributed by atoms with Crippen LogP contribution >= 0.6 is 0 Å². The van der Waals surface area contributed by atoms with Crippen LogP contribution in [0.25, 0.3) is 6.08 Å². The van der Waals surface area contributed by atoms with Crippen molar-refractivity contribution in [2.24, 2.45) is 0 Å². The third-order valence-corrected chi connectivity index (χ3v) is 3.12. The molecule has 1 amide bonds. The third kappa shape index (κ3) is 6.97. The maximum Gasteiger partial charge on any atom is 0.422 e. The van der Waals surface area contributed by atoms with E-state index in [-0.39, 0.29) is 0 Å². The second-order valence-electron chi connectivity index (χ2n) is 6.51. The lowest BCUT2D eigenvalue weighted by Gasteiger charge is -2.23. The number of nitrogens with zero attached hydrogens (tertiary/aromatic N) is 1. The van der Waals surface area contributed by atoms with Crippen LogP contribution in [-0.4, -0.2) is 23.1 Å². The Bertz CT molecular complexity index is 762. The summed E-state index contributed by atoms with van der Waals surface area (Å²) in [5, 5.41) is 0. The van der Waals surface area contributed by atoms with Crippen molar-refractivity contribution in [3.8, 4) is 12.0 Å². The van der Waals surface area contributed by atoms with Gasteiger partial charge in [0.2, 0.25) is 0 Å². The molecule has 2 aromatic rings. The molecule has 0 atom stereocenters. The molecule has 3 nitrogen and oxygen atoms in total. The predicted molar refractivity (Wildman–Crippen MR) is 102 cm³/mol. The van der Waals surface area contributed by atoms with Gasteiger partial charge in [-0.2, -0.15) is 0 Å². The molecule has 25 heavy (non-hydrogen) atoms. The lowest BCUT2D eigenvalue weighted by Crippen LogP contribution is -2.34. The van der Waals surface area contributed by atoms with Crippen LogP contribution in [0.1, 0.15) is 31.9 Å². The average Bonchev–Trinajstić information content (AvgIpc) is 2.58. The molecular formula is C22H23NO2. The number of hydrogen-bond acceptors (Lipinski definition) is 2. The van der Waals surface area contributed by atoms with Crippen molar-refractivity contribution < 1.29 is 9.53 Å². The molecule has 0 saturated carbocycles. The number of carbonyl (C=O) groups excluding carboxylic acids is 1. The molecule has 0 saturated heterocycles. The molecule has 0 N–H and O–H groups in total. The summed E-state index contributed by atoms with van der Waals surface area (Å²) < 4.78 is 5.44. The van der Waals surface area contributed by atoms with Crippen LogP contribution in [0.2, 0.25) is 0 Å². The SMILES string of the molecule is CC(C)(C)OC(=O)N(C#Cc1ccccc1)C/C=C/c1ccccc1. The first-order valence-corrected chi connectivity index (χ1v) is 8.23. The van der Waals surface area contributed by atoms with Gasteiger partial charge in [0.15, 0.2) is 0 Å². The molecule has 0 aliphatic carbocycles. The molecule has 0 spiro atoms. The fraction of sp³-hybridized carbons (Fsp3) is 0.227. The quantitative estimate of drug-likeness (QED) is 0.588. The largest absolute Gasteiger partial charge is 0.443 e. The van der Waals surface area contributed by atoms with E-state index in [0.29, 0.717) is 6.54 Å². The summed E-state index contributed by atoms with van der Waals surface area (Å²) in [4.78, 5) is 13.8. The highest BCUT2D eigenvalue weighted by atomic mass is 16.6. The van der Waals surface area contributed by atoms with Crippen molar-refractivity contribution in [3.05, 3.63) is 77.9 Å². The van der Waals surface area contributed by atoms with Gasteiger partial charge in [-0.15, -0.1) is 0 Å². The third-order valence-electron chi connectivity index (χ3n) is 3.12. The van der Waals surface area contributed by atoms with Crippen LogP contribution in [0.4, 0.5) is 4.79 Å². The number of amides is 1. The van der Waals surface area contributed by atoms with E-state index in [1.807, 2.05) is 93.6 Å². The Morgan fingerprint density at radius 2 is 1.64 bits per heavy atom. The Morgan fingerprint density at radius 1 is 1.04 bits per heavy atom. The van der Waals surface area contributed by atoms with Crippen molar-refractivity contribution >= 4 is 12.2 Å². The molecule has 0 unspecified atom stereocenters. The molecule has 0 aromatic heterocycles. The van der Waals surface area contributed by atoms with Gasteiger partial charge in [-0.1, -0.05) is 60.7 Å². The standard InChI is InChI=1S/C22H23NO2/c1-22(2,3)25-21(24)23(18-16-20-13-8-5-9-14-20)17-10-15-19-11-6-4-7-12-19/h4-15H,17H2,1-3H3/b15-10+. The van der Waals surface area contributed by atoms with E-state index in [0.717, 1.165) is 11.1 Å². The van der Waals surface area contributed by atoms with Crippen LogP contribution in [0, 0.1) is 12.0 Å². The van der Waals surface area contributed by atoms with Crippen LogP contribution in [0.5, 0.6) is 0 Å². The summed E-state index contributed by atoms with van der Waals surface area (Å²) in [5.41, 5.74) is 1.36. The second-order valence-corrected chi connectivity index (χ2v) is 6.51. The minimum absolute atomic E-state index is 0.351. The highest BCUT2D eigenvalue weighted by Crippen LogP contribution is 2.10. The molecular weight excluding hydrogens is 310 g/mol. The van der Waals surface area contributed by atoms with Crippen molar-refractivity contribution in [1.29, 1.82) is 0 Å². The van der Waals surface area contributed by atoms with E-state index in [2.05, 4.69) is 12.0 Å². The van der Waals surface area contributed by atoms with Gasteiger partial charge >= 0.3 is 6.09 Å². The maximum absolute atomic E-state index is 12.4. The fourth-order valence-corrected chi connectivity index (χ4v) is 1.99. The number of ether oxygens (including phenoxy) is 1. The van der Waals surface area contributed by atoms with Crippen molar-refractivity contribution in [2.75, 3.05) is 6.54 Å². The summed E-state index contributed by atoms with van der Waals surface area (Å²) in [6, 6.07) is 22.4. The van der Waals surface area contributed by atoms with Gasteiger partial charge in [0.05, 0.1) is 6.54 Å². The van der Waals surface area contributed by atoms with Gasteiger partial charge in [0.1, 0.15) is 5.60 Å². The Hall–Kier alpha value is -2.99. The lowest BCUT2D eigenvalue weighted by molar-refractivity contribution is 0.0368. The molecule has 128 valence electrons. The Kier molecular flexibility index (Phi) is 6.42. The molecule has 0 radical (unpaired) electrons. The first-order valence-electron chi connectivity index (χ1n) is 8.23. The minimum atomic E-state index is -0.563. The maximum atomic E-state index is 12.4. The van der Waals surface area contributed by atoms with E-state index in [1.54, 1.807) is 0 Å². The monoisotopic (exact) mass is 333 g/mol. The molecule has 0 bridgehead atoms. The van der Waals surface area contributed by atoms with Crippen LogP contribution < -0.4 is 0 Å². The molecule has 0 heterocycles. The van der Waals surface area contributed by atoms with E-state index < -0.39 is 11.7 Å². The van der Waals surface area contributed by atoms with E-state index in [1.165, 1.54) is 4.90 Å². The second kappa shape index (κ2) is 8.75. The number of hydrogen-bond donors (Lipinski definition) is 0. The molecule has 2 aromatic carbocycles. The zero-order valence-electron chi connectivity index (χ0n) is 14.9. The number of carbonyl (C=O) groups is 1. The normalized spacial score (nSPS) is 10.8. The van der Waals surface area contributed by atoms with E-state index in [9.17, 15) is 4.79 Å². The Balaban J connectivity index is 2.13. The average molecular weight is 333 g/mol. The molecule has 0 aliphatic heterocycles. The highest BCUT2D eigenvalue weighted by Gasteiger charge is 2.20. The molecule has 0 aliphatic rings. The highest BCUT2D eigenvalue weighted by molar-refractivity contribution is 5.71. The zero-order chi connectivity index (χ0) is 18.1. The summed E-state index contributed by atoms with van der Waals surface area (Å²) in [7, 11) is 0. The van der Waals surface area contributed by atoms with Gasteiger partial charge in [-0.05, 0) is 44.4 Å². The number of rotatable bonds is 3. The summed E-state index contributed by atoms with van der Waals surface area (Å²) in [6.45, 7) is 5.87. The van der Waals surface area contributed by atoms with Gasteiger partial charge in [-0.25, -0.2) is 9.69 Å². The van der Waals surface area contributed by atoms with Crippen molar-refractivity contribution in [1.82, 2.24) is 4.90 Å². The predicted octanol–water partition coefficient (Wildman–Crippen LogP) is 4.95. The summed E-state index contributed by atoms with van der Waals surface area (Å²) in [5.74, 6) is 3.00. The lowest BCUT2D eigenvalue weighted by atomic mass is 10.2.